The van der Waals surface area contributed by atoms with E-state index in [0.29, 0.717) is 17.9 Å². The summed E-state index contributed by atoms with van der Waals surface area (Å²) >= 11 is 3.42. The molecule has 1 aliphatic carbocycles. The standard InChI is InChI=1S/C24H26BrNO7S/c1-15-5-4-6-19(9-15)34(29,30)26-14-18(33-21-8-7-17(25)11-20(21)26)10-16-12-24(13-16,22(27)31-2)23(28)32-3/h4-9,11,16,18H,10,12-14H2,1-3H3/t18-/m0/s1. The number of sulfonamides is 1. The van der Waals surface area contributed by atoms with Crippen LogP contribution in [0.5, 0.6) is 5.75 Å². The van der Waals surface area contributed by atoms with Crippen LogP contribution in [0, 0.1) is 18.3 Å². The molecule has 0 spiro atoms. The van der Waals surface area contributed by atoms with E-state index in [4.69, 9.17) is 14.2 Å². The van der Waals surface area contributed by atoms with Crippen LogP contribution < -0.4 is 9.04 Å². The Bertz CT molecular complexity index is 1210. The summed E-state index contributed by atoms with van der Waals surface area (Å²) in [6.07, 6.45) is 0.561. The molecule has 0 amide bonds. The molecule has 2 aromatic carbocycles. The number of esters is 2. The number of aryl methyl sites for hydroxylation is 1. The third-order valence-electron chi connectivity index (χ3n) is 6.45. The molecule has 0 aromatic heterocycles. The second kappa shape index (κ2) is 9.22. The van der Waals surface area contributed by atoms with Crippen molar-refractivity contribution in [3.63, 3.8) is 0 Å². The Kier molecular flexibility index (Phi) is 6.65. The van der Waals surface area contributed by atoms with E-state index < -0.39 is 33.5 Å². The summed E-state index contributed by atoms with van der Waals surface area (Å²) in [5.74, 6) is -0.788. The molecule has 8 nitrogen and oxygen atoms in total. The van der Waals surface area contributed by atoms with E-state index in [-0.39, 0.29) is 30.2 Å². The summed E-state index contributed by atoms with van der Waals surface area (Å²) in [4.78, 5) is 24.7. The van der Waals surface area contributed by atoms with Gasteiger partial charge in [-0.1, -0.05) is 28.1 Å². The lowest BCUT2D eigenvalue weighted by molar-refractivity contribution is -0.181. The first-order valence-electron chi connectivity index (χ1n) is 10.8. The Morgan fingerprint density at radius 2 is 1.79 bits per heavy atom. The minimum atomic E-state index is -3.85. The van der Waals surface area contributed by atoms with Gasteiger partial charge in [0.05, 0.1) is 31.3 Å². The van der Waals surface area contributed by atoms with E-state index in [9.17, 15) is 18.0 Å². The van der Waals surface area contributed by atoms with E-state index >= 15 is 0 Å². The number of ether oxygens (including phenoxy) is 3. The van der Waals surface area contributed by atoms with Crippen molar-refractivity contribution in [3.8, 4) is 5.75 Å². The number of carbonyl (C=O) groups is 2. The molecule has 1 fully saturated rings. The molecule has 34 heavy (non-hydrogen) atoms. The zero-order chi connectivity index (χ0) is 24.7. The molecule has 0 radical (unpaired) electrons. The average molecular weight is 552 g/mol. The van der Waals surface area contributed by atoms with Crippen molar-refractivity contribution in [2.45, 2.75) is 37.2 Å². The maximum absolute atomic E-state index is 13.6. The Morgan fingerprint density at radius 1 is 1.12 bits per heavy atom. The first kappa shape index (κ1) is 24.5. The number of anilines is 1. The molecule has 10 heteroatoms. The van der Waals surface area contributed by atoms with E-state index in [1.165, 1.54) is 18.5 Å². The number of fused-ring (bicyclic) bond motifs is 1. The van der Waals surface area contributed by atoms with Gasteiger partial charge in [-0.3, -0.25) is 13.9 Å². The van der Waals surface area contributed by atoms with Gasteiger partial charge in [-0.15, -0.1) is 0 Å². The lowest BCUT2D eigenvalue weighted by atomic mass is 9.60. The lowest BCUT2D eigenvalue weighted by Crippen LogP contribution is -2.53. The molecule has 1 saturated carbocycles. The minimum Gasteiger partial charge on any atom is -0.486 e. The maximum Gasteiger partial charge on any atom is 0.323 e. The molecule has 1 atom stereocenters. The smallest absolute Gasteiger partial charge is 0.323 e. The Balaban J connectivity index is 1.59. The number of carbonyl (C=O) groups excluding carboxylic acids is 2. The molecule has 0 saturated heterocycles. The van der Waals surface area contributed by atoms with Gasteiger partial charge < -0.3 is 14.2 Å². The van der Waals surface area contributed by atoms with Crippen molar-refractivity contribution in [2.75, 3.05) is 25.1 Å². The summed E-state index contributed by atoms with van der Waals surface area (Å²) in [6, 6.07) is 12.0. The highest BCUT2D eigenvalue weighted by molar-refractivity contribution is 9.10. The van der Waals surface area contributed by atoms with Crippen molar-refractivity contribution in [3.05, 3.63) is 52.5 Å². The number of hydrogen-bond donors (Lipinski definition) is 0. The van der Waals surface area contributed by atoms with Crippen molar-refractivity contribution in [1.29, 1.82) is 0 Å². The predicted octanol–water partition coefficient (Wildman–Crippen LogP) is 3.85. The van der Waals surface area contributed by atoms with Crippen LogP contribution in [-0.4, -0.2) is 47.2 Å². The topological polar surface area (TPSA) is 99.2 Å². The van der Waals surface area contributed by atoms with Crippen LogP contribution in [0.4, 0.5) is 5.69 Å². The largest absolute Gasteiger partial charge is 0.486 e. The van der Waals surface area contributed by atoms with Crippen LogP contribution in [0.3, 0.4) is 0 Å². The van der Waals surface area contributed by atoms with E-state index in [0.717, 1.165) is 10.0 Å². The third-order valence-corrected chi connectivity index (χ3v) is 8.72. The highest BCUT2D eigenvalue weighted by atomic mass is 79.9. The molecule has 0 N–H and O–H groups in total. The van der Waals surface area contributed by atoms with Crippen LogP contribution in [0.25, 0.3) is 0 Å². The molecule has 4 rings (SSSR count). The first-order valence-corrected chi connectivity index (χ1v) is 13.1. The monoisotopic (exact) mass is 551 g/mol. The van der Waals surface area contributed by atoms with Gasteiger partial charge in [-0.05, 0) is 68.0 Å². The molecule has 2 aromatic rings. The van der Waals surface area contributed by atoms with Gasteiger partial charge in [0.1, 0.15) is 11.9 Å². The number of benzene rings is 2. The number of rotatable bonds is 6. The van der Waals surface area contributed by atoms with Crippen LogP contribution in [0.1, 0.15) is 24.8 Å². The highest BCUT2D eigenvalue weighted by Gasteiger charge is 2.58. The SMILES string of the molecule is COC(=O)C1(C(=O)OC)CC(C[C@H]2CN(S(=O)(=O)c3cccc(C)c3)c3cc(Br)ccc3O2)C1. The quantitative estimate of drug-likeness (QED) is 0.397. The fourth-order valence-corrected chi connectivity index (χ4v) is 6.76. The molecule has 182 valence electrons. The lowest BCUT2D eigenvalue weighted by Gasteiger charge is -2.45. The highest BCUT2D eigenvalue weighted by Crippen LogP contribution is 2.50. The van der Waals surface area contributed by atoms with Gasteiger partial charge >= 0.3 is 11.9 Å². The summed E-state index contributed by atoms with van der Waals surface area (Å²) in [7, 11) is -1.36. The Morgan fingerprint density at radius 3 is 2.41 bits per heavy atom. The second-order valence-electron chi connectivity index (χ2n) is 8.78. The predicted molar refractivity (Wildman–Crippen MR) is 128 cm³/mol. The normalized spacial score (nSPS) is 19.4. The number of nitrogens with zero attached hydrogens (tertiary/aromatic N) is 1. The average Bonchev–Trinajstić information content (AvgIpc) is 2.79. The summed E-state index contributed by atoms with van der Waals surface area (Å²) in [5, 5.41) is 0. The number of methoxy groups -OCH3 is 2. The van der Waals surface area contributed by atoms with E-state index in [2.05, 4.69) is 15.9 Å². The fourth-order valence-electron chi connectivity index (χ4n) is 4.81. The van der Waals surface area contributed by atoms with Crippen molar-refractivity contribution < 1.29 is 32.2 Å². The van der Waals surface area contributed by atoms with Crippen molar-refractivity contribution in [1.82, 2.24) is 0 Å². The molecular weight excluding hydrogens is 526 g/mol. The minimum absolute atomic E-state index is 0.0243. The number of halogens is 1. The van der Waals surface area contributed by atoms with Gasteiger partial charge in [-0.2, -0.15) is 0 Å². The van der Waals surface area contributed by atoms with Crippen molar-refractivity contribution in [2.24, 2.45) is 11.3 Å². The molecule has 0 unspecified atom stereocenters. The van der Waals surface area contributed by atoms with E-state index in [1.54, 1.807) is 36.4 Å². The fraction of sp³-hybridized carbons (Fsp3) is 0.417. The van der Waals surface area contributed by atoms with Crippen molar-refractivity contribution >= 4 is 43.6 Å². The van der Waals surface area contributed by atoms with Gasteiger partial charge in [-0.25, -0.2) is 8.42 Å². The molecule has 2 aliphatic rings. The molecular formula is C24H26BrNO7S. The number of hydrogen-bond acceptors (Lipinski definition) is 7. The first-order chi connectivity index (χ1) is 16.1. The zero-order valence-electron chi connectivity index (χ0n) is 19.1. The molecule has 1 heterocycles. The Hall–Kier alpha value is -2.59. The Labute approximate surface area is 207 Å². The maximum atomic E-state index is 13.6. The van der Waals surface area contributed by atoms with Crippen LogP contribution in [-0.2, 0) is 29.1 Å². The van der Waals surface area contributed by atoms with Crippen LogP contribution >= 0.6 is 15.9 Å². The van der Waals surface area contributed by atoms with Gasteiger partial charge in [0, 0.05) is 4.47 Å². The second-order valence-corrected chi connectivity index (χ2v) is 11.6. The molecule has 0 bridgehead atoms. The summed E-state index contributed by atoms with van der Waals surface area (Å²) < 4.78 is 45.2. The van der Waals surface area contributed by atoms with Crippen LogP contribution in [0.15, 0.2) is 51.8 Å². The van der Waals surface area contributed by atoms with Gasteiger partial charge in [0.2, 0.25) is 0 Å². The van der Waals surface area contributed by atoms with Crippen LogP contribution in [0.2, 0.25) is 0 Å². The zero-order valence-corrected chi connectivity index (χ0v) is 21.5. The van der Waals surface area contributed by atoms with Gasteiger partial charge in [0.15, 0.2) is 5.41 Å². The molecule has 1 aliphatic heterocycles. The van der Waals surface area contributed by atoms with Gasteiger partial charge in [0.25, 0.3) is 10.0 Å². The third kappa shape index (κ3) is 4.29. The summed E-state index contributed by atoms with van der Waals surface area (Å²) in [6.45, 7) is 1.96. The summed E-state index contributed by atoms with van der Waals surface area (Å²) in [5.41, 5.74) is -0.00477. The van der Waals surface area contributed by atoms with E-state index in [1.807, 2.05) is 13.0 Å².